The van der Waals surface area contributed by atoms with Gasteiger partial charge in [-0.25, -0.2) is 9.78 Å². The van der Waals surface area contributed by atoms with Gasteiger partial charge in [0, 0.05) is 18.3 Å². The van der Waals surface area contributed by atoms with Crippen LogP contribution in [0.15, 0.2) is 28.7 Å². The number of ether oxygens (including phenoxy) is 2. The van der Waals surface area contributed by atoms with E-state index in [2.05, 4.69) is 10.8 Å². The second-order valence-electron chi connectivity index (χ2n) is 9.04. The first-order valence-electron chi connectivity index (χ1n) is 12.0. The highest BCUT2D eigenvalue weighted by atomic mass is 16.6. The molecule has 5 heteroatoms. The lowest BCUT2D eigenvalue weighted by Crippen LogP contribution is -2.12. The number of hydrogen-bond acceptors (Lipinski definition) is 5. The highest BCUT2D eigenvalue weighted by molar-refractivity contribution is 5.70. The van der Waals surface area contributed by atoms with Crippen LogP contribution >= 0.6 is 0 Å². The fourth-order valence-corrected chi connectivity index (χ4v) is 5.07. The molecule has 1 aromatic heterocycles. The van der Waals surface area contributed by atoms with E-state index < -0.39 is 0 Å². The number of carbonyl (C=O) groups is 1. The molecule has 0 N–H and O–H groups in total. The first kappa shape index (κ1) is 21.9. The molecule has 168 valence electrons. The van der Waals surface area contributed by atoms with Crippen molar-refractivity contribution in [1.82, 2.24) is 4.98 Å². The Morgan fingerprint density at radius 1 is 1.00 bits per heavy atom. The first-order valence-corrected chi connectivity index (χ1v) is 12.0. The number of oxazole rings is 1. The van der Waals surface area contributed by atoms with Gasteiger partial charge in [0.05, 0.1) is 12.8 Å². The second kappa shape index (κ2) is 10.8. The zero-order valence-electron chi connectivity index (χ0n) is 18.7. The normalized spacial score (nSPS) is 18.1. The molecule has 2 fully saturated rings. The molecule has 31 heavy (non-hydrogen) atoms. The molecule has 0 atom stereocenters. The summed E-state index contributed by atoms with van der Waals surface area (Å²) in [6.07, 6.45) is 14.6. The largest absolute Gasteiger partial charge is 0.482 e. The van der Waals surface area contributed by atoms with Crippen LogP contribution in [0.5, 0.6) is 5.75 Å². The van der Waals surface area contributed by atoms with Crippen molar-refractivity contribution in [2.45, 2.75) is 88.9 Å². The van der Waals surface area contributed by atoms with E-state index in [0.29, 0.717) is 17.6 Å². The monoisotopic (exact) mass is 425 g/mol. The average Bonchev–Trinajstić information content (AvgIpc) is 3.27. The Balaban J connectivity index is 1.44. The number of rotatable bonds is 8. The highest BCUT2D eigenvalue weighted by Gasteiger charge is 2.29. The third-order valence-electron chi connectivity index (χ3n) is 6.80. The van der Waals surface area contributed by atoms with Crippen molar-refractivity contribution >= 4 is 5.97 Å². The van der Waals surface area contributed by atoms with E-state index in [0.717, 1.165) is 24.3 Å². The maximum Gasteiger partial charge on any atom is 0.343 e. The van der Waals surface area contributed by atoms with Crippen LogP contribution in [0.3, 0.4) is 0 Å². The van der Waals surface area contributed by atoms with Crippen molar-refractivity contribution in [1.29, 1.82) is 0 Å². The smallest absolute Gasteiger partial charge is 0.343 e. The summed E-state index contributed by atoms with van der Waals surface area (Å²) < 4.78 is 16.6. The number of benzene rings is 1. The zero-order chi connectivity index (χ0) is 21.5. The van der Waals surface area contributed by atoms with Crippen molar-refractivity contribution in [2.75, 3.05) is 13.7 Å². The number of aryl methyl sites for hydroxylation is 2. The molecule has 2 saturated carbocycles. The summed E-state index contributed by atoms with van der Waals surface area (Å²) in [6, 6.07) is 7.88. The van der Waals surface area contributed by atoms with Gasteiger partial charge in [-0.05, 0) is 49.8 Å². The van der Waals surface area contributed by atoms with E-state index in [9.17, 15) is 4.79 Å². The predicted octanol–water partition coefficient (Wildman–Crippen LogP) is 6.11. The van der Waals surface area contributed by atoms with Crippen molar-refractivity contribution < 1.29 is 18.7 Å². The van der Waals surface area contributed by atoms with Crippen LogP contribution in [0.1, 0.15) is 99.0 Å². The van der Waals surface area contributed by atoms with E-state index in [1.165, 1.54) is 82.8 Å². The van der Waals surface area contributed by atoms with Crippen LogP contribution in [0.2, 0.25) is 0 Å². The standard InChI is InChI=1S/C26H35NO4/c1-29-24(28)18-30-22-14-8-9-19(17-22)15-16-23-27-25(20-10-4-2-5-11-20)26(31-23)21-12-6-3-7-13-21/h8-9,14,17,20-21H,2-7,10-13,15-16,18H2,1H3. The summed E-state index contributed by atoms with van der Waals surface area (Å²) in [4.78, 5) is 16.4. The van der Waals surface area contributed by atoms with Crippen LogP contribution in [-0.4, -0.2) is 24.7 Å². The van der Waals surface area contributed by atoms with Gasteiger partial charge in [0.25, 0.3) is 0 Å². The average molecular weight is 426 g/mol. The van der Waals surface area contributed by atoms with Gasteiger partial charge in [0.2, 0.25) is 0 Å². The van der Waals surface area contributed by atoms with Gasteiger partial charge in [-0.2, -0.15) is 0 Å². The first-order chi connectivity index (χ1) is 15.2. The molecular formula is C26H35NO4. The Labute approximate surface area is 185 Å². The highest BCUT2D eigenvalue weighted by Crippen LogP contribution is 2.41. The Kier molecular flexibility index (Phi) is 7.66. The SMILES string of the molecule is COC(=O)COc1cccc(CCc2nc(C3CCCCC3)c(C3CCCCC3)o2)c1. The minimum Gasteiger partial charge on any atom is -0.482 e. The van der Waals surface area contributed by atoms with Crippen molar-refractivity contribution in [3.8, 4) is 5.75 Å². The number of hydrogen-bond donors (Lipinski definition) is 0. The summed E-state index contributed by atoms with van der Waals surface area (Å²) in [7, 11) is 1.36. The summed E-state index contributed by atoms with van der Waals surface area (Å²) in [5.74, 6) is 3.52. The maximum absolute atomic E-state index is 11.3. The van der Waals surface area contributed by atoms with E-state index in [4.69, 9.17) is 14.1 Å². The number of methoxy groups -OCH3 is 1. The van der Waals surface area contributed by atoms with E-state index in [1.807, 2.05) is 18.2 Å². The quantitative estimate of drug-likeness (QED) is 0.478. The third-order valence-corrected chi connectivity index (χ3v) is 6.80. The summed E-state index contributed by atoms with van der Waals surface area (Å²) in [6.45, 7) is -0.0742. The molecule has 0 saturated heterocycles. The van der Waals surface area contributed by atoms with Gasteiger partial charge < -0.3 is 13.9 Å². The van der Waals surface area contributed by atoms with Crippen molar-refractivity contribution in [3.63, 3.8) is 0 Å². The molecule has 0 unspecified atom stereocenters. The van der Waals surface area contributed by atoms with E-state index in [1.54, 1.807) is 0 Å². The Morgan fingerprint density at radius 2 is 1.71 bits per heavy atom. The van der Waals surface area contributed by atoms with Crippen LogP contribution in [-0.2, 0) is 22.4 Å². The van der Waals surface area contributed by atoms with Gasteiger partial charge in [0.15, 0.2) is 12.5 Å². The van der Waals surface area contributed by atoms with Crippen molar-refractivity contribution in [2.24, 2.45) is 0 Å². The molecular weight excluding hydrogens is 390 g/mol. The fourth-order valence-electron chi connectivity index (χ4n) is 5.07. The molecule has 2 aromatic rings. The summed E-state index contributed by atoms with van der Waals surface area (Å²) >= 11 is 0. The Hall–Kier alpha value is -2.30. The summed E-state index contributed by atoms with van der Waals surface area (Å²) in [5, 5.41) is 0. The zero-order valence-corrected chi connectivity index (χ0v) is 18.7. The number of nitrogens with zero attached hydrogens (tertiary/aromatic N) is 1. The lowest BCUT2D eigenvalue weighted by Gasteiger charge is -2.24. The predicted molar refractivity (Wildman–Crippen MR) is 120 cm³/mol. The van der Waals surface area contributed by atoms with Crippen LogP contribution in [0, 0.1) is 0 Å². The number of aromatic nitrogens is 1. The van der Waals surface area contributed by atoms with Gasteiger partial charge in [-0.1, -0.05) is 50.7 Å². The minimum atomic E-state index is -0.379. The number of carbonyl (C=O) groups excluding carboxylic acids is 1. The molecule has 0 amide bonds. The van der Waals surface area contributed by atoms with E-state index >= 15 is 0 Å². The molecule has 0 bridgehead atoms. The topological polar surface area (TPSA) is 61.6 Å². The lowest BCUT2D eigenvalue weighted by molar-refractivity contribution is -0.142. The lowest BCUT2D eigenvalue weighted by atomic mass is 9.81. The van der Waals surface area contributed by atoms with E-state index in [-0.39, 0.29) is 12.6 Å². The molecule has 1 heterocycles. The Morgan fingerprint density at radius 3 is 2.42 bits per heavy atom. The molecule has 4 rings (SSSR count). The van der Waals surface area contributed by atoms with Gasteiger partial charge >= 0.3 is 5.97 Å². The number of esters is 1. The van der Waals surface area contributed by atoms with Crippen LogP contribution in [0.25, 0.3) is 0 Å². The van der Waals surface area contributed by atoms with Crippen LogP contribution in [0.4, 0.5) is 0 Å². The maximum atomic E-state index is 11.3. The molecule has 2 aliphatic carbocycles. The van der Waals surface area contributed by atoms with Gasteiger partial charge in [-0.3, -0.25) is 0 Å². The van der Waals surface area contributed by atoms with Gasteiger partial charge in [-0.15, -0.1) is 0 Å². The molecule has 0 radical (unpaired) electrons. The second-order valence-corrected chi connectivity index (χ2v) is 9.04. The molecule has 5 nitrogen and oxygen atoms in total. The molecule has 1 aromatic carbocycles. The summed E-state index contributed by atoms with van der Waals surface area (Å²) in [5.41, 5.74) is 2.43. The van der Waals surface area contributed by atoms with Crippen LogP contribution < -0.4 is 4.74 Å². The molecule has 0 spiro atoms. The Bertz CT molecular complexity index is 811. The van der Waals surface area contributed by atoms with Crippen molar-refractivity contribution in [3.05, 3.63) is 47.2 Å². The fraction of sp³-hybridized carbons (Fsp3) is 0.615. The molecule has 2 aliphatic rings. The third kappa shape index (κ3) is 5.90. The minimum absolute atomic E-state index is 0.0742. The van der Waals surface area contributed by atoms with Gasteiger partial charge in [0.1, 0.15) is 11.5 Å². The molecule has 0 aliphatic heterocycles.